The van der Waals surface area contributed by atoms with E-state index in [1.807, 2.05) is 18.2 Å². The Morgan fingerprint density at radius 2 is 1.86 bits per heavy atom. The highest BCUT2D eigenvalue weighted by atomic mass is 32.1. The number of thiazole rings is 1. The highest BCUT2D eigenvalue weighted by Gasteiger charge is 2.45. The van der Waals surface area contributed by atoms with Gasteiger partial charge >= 0.3 is 0 Å². The van der Waals surface area contributed by atoms with Crippen LogP contribution in [0.3, 0.4) is 0 Å². The number of rotatable bonds is 5. The number of ether oxygens (including phenoxy) is 2. The Kier molecular flexibility index (Phi) is 6.13. The third-order valence-electron chi connectivity index (χ3n) is 5.83. The third kappa shape index (κ3) is 4.15. The number of anilines is 1. The maximum atomic E-state index is 10.8. The van der Waals surface area contributed by atoms with Crippen molar-refractivity contribution < 1.29 is 19.7 Å². The number of aromatic nitrogens is 1. The van der Waals surface area contributed by atoms with E-state index in [9.17, 15) is 10.2 Å². The molecule has 1 aliphatic carbocycles. The second-order valence-electron chi connectivity index (χ2n) is 7.61. The number of hydrogen-bond acceptors (Lipinski definition) is 8. The van der Waals surface area contributed by atoms with Crippen molar-refractivity contribution in [1.29, 1.82) is 5.26 Å². The molecule has 29 heavy (non-hydrogen) atoms. The van der Waals surface area contributed by atoms with Gasteiger partial charge in [0.15, 0.2) is 17.1 Å². The quantitative estimate of drug-likeness (QED) is 0.689. The fourth-order valence-corrected chi connectivity index (χ4v) is 4.93. The van der Waals surface area contributed by atoms with Gasteiger partial charge in [0.05, 0.1) is 0 Å². The minimum atomic E-state index is -1.14. The van der Waals surface area contributed by atoms with Gasteiger partial charge in [-0.1, -0.05) is 37.1 Å². The molecule has 1 saturated carbocycles. The van der Waals surface area contributed by atoms with Crippen molar-refractivity contribution in [3.8, 4) is 6.07 Å². The van der Waals surface area contributed by atoms with Crippen LogP contribution in [0.5, 0.6) is 0 Å². The molecule has 2 heterocycles. The van der Waals surface area contributed by atoms with Gasteiger partial charge in [0, 0.05) is 12.5 Å². The Morgan fingerprint density at radius 1 is 1.17 bits per heavy atom. The molecule has 3 N–H and O–H groups in total. The van der Waals surface area contributed by atoms with Gasteiger partial charge in [0.2, 0.25) is 0 Å². The van der Waals surface area contributed by atoms with E-state index >= 15 is 0 Å². The first-order valence-corrected chi connectivity index (χ1v) is 10.7. The molecule has 1 aromatic carbocycles. The lowest BCUT2D eigenvalue weighted by Gasteiger charge is -2.42. The van der Waals surface area contributed by atoms with Crippen LogP contribution in [0, 0.1) is 11.3 Å². The van der Waals surface area contributed by atoms with Gasteiger partial charge in [-0.15, -0.1) is 11.3 Å². The highest BCUT2D eigenvalue weighted by molar-refractivity contribution is 7.13. The molecule has 0 radical (unpaired) electrons. The Bertz CT molecular complexity index is 858. The molecule has 4 rings (SSSR count). The summed E-state index contributed by atoms with van der Waals surface area (Å²) in [7, 11) is 1.49. The molecule has 0 unspecified atom stereocenters. The summed E-state index contributed by atoms with van der Waals surface area (Å²) in [6.45, 7) is 0. The first-order chi connectivity index (χ1) is 14.1. The van der Waals surface area contributed by atoms with Crippen LogP contribution in [0.2, 0.25) is 0 Å². The minimum Gasteiger partial charge on any atom is -0.388 e. The third-order valence-corrected chi connectivity index (χ3v) is 6.61. The van der Waals surface area contributed by atoms with Gasteiger partial charge in [0.25, 0.3) is 0 Å². The zero-order valence-electron chi connectivity index (χ0n) is 16.2. The molecule has 1 saturated heterocycles. The van der Waals surface area contributed by atoms with Crippen LogP contribution in [0.1, 0.15) is 54.5 Å². The average molecular weight is 416 g/mol. The molecule has 0 bridgehead atoms. The molecule has 2 aliphatic rings. The number of nitriles is 1. The zero-order valence-corrected chi connectivity index (χ0v) is 17.0. The van der Waals surface area contributed by atoms with Crippen LogP contribution < -0.4 is 5.32 Å². The van der Waals surface area contributed by atoms with Crippen LogP contribution in [0.4, 0.5) is 5.13 Å². The van der Waals surface area contributed by atoms with Crippen LogP contribution in [-0.2, 0) is 9.47 Å². The van der Waals surface area contributed by atoms with Crippen molar-refractivity contribution in [2.75, 3.05) is 12.4 Å². The predicted molar refractivity (Wildman–Crippen MR) is 109 cm³/mol. The molecule has 8 heteroatoms. The number of nitrogens with one attached hydrogen (secondary N) is 1. The summed E-state index contributed by atoms with van der Waals surface area (Å²) in [4.78, 5) is 4.12. The Morgan fingerprint density at radius 3 is 2.48 bits per heavy atom. The molecule has 0 amide bonds. The van der Waals surface area contributed by atoms with Gasteiger partial charge < -0.3 is 25.0 Å². The van der Waals surface area contributed by atoms with E-state index in [1.54, 1.807) is 5.38 Å². The van der Waals surface area contributed by atoms with E-state index in [0.717, 1.165) is 5.56 Å². The number of benzene rings is 1. The fourth-order valence-electron chi connectivity index (χ4n) is 4.24. The topological polar surface area (TPSA) is 108 Å². The summed E-state index contributed by atoms with van der Waals surface area (Å²) in [5, 5.41) is 35.5. The van der Waals surface area contributed by atoms with Crippen molar-refractivity contribution >= 4 is 16.5 Å². The molecule has 5 atom stereocenters. The lowest BCUT2D eigenvalue weighted by atomic mass is 9.90. The SMILES string of the molecule is CO[C@@H]1O[C@H](c2ccc(C3CCCC3)cc2)[C@H](O)[C@H](O)[C@@H]1Nc1nc(C#N)cs1. The normalized spacial score (nSPS) is 30.2. The largest absolute Gasteiger partial charge is 0.388 e. The molecule has 2 fully saturated rings. The molecular weight excluding hydrogens is 390 g/mol. The molecule has 1 aliphatic heterocycles. The summed E-state index contributed by atoms with van der Waals surface area (Å²) in [6.07, 6.45) is 1.26. The van der Waals surface area contributed by atoms with E-state index in [1.165, 1.54) is 49.7 Å². The van der Waals surface area contributed by atoms with E-state index < -0.39 is 30.6 Å². The lowest BCUT2D eigenvalue weighted by molar-refractivity contribution is -0.250. The van der Waals surface area contributed by atoms with Crippen molar-refractivity contribution in [3.63, 3.8) is 0 Å². The highest BCUT2D eigenvalue weighted by Crippen LogP contribution is 2.37. The second kappa shape index (κ2) is 8.78. The Hall–Kier alpha value is -2.02. The number of aliphatic hydroxyl groups is 2. The first-order valence-electron chi connectivity index (χ1n) is 9.87. The van der Waals surface area contributed by atoms with Crippen molar-refractivity contribution in [1.82, 2.24) is 4.98 Å². The maximum Gasteiger partial charge on any atom is 0.184 e. The van der Waals surface area contributed by atoms with Gasteiger partial charge in [-0.2, -0.15) is 5.26 Å². The Balaban J connectivity index is 1.49. The number of methoxy groups -OCH3 is 1. The van der Waals surface area contributed by atoms with Crippen LogP contribution >= 0.6 is 11.3 Å². The monoisotopic (exact) mass is 415 g/mol. The summed E-state index contributed by atoms with van der Waals surface area (Å²) in [5.41, 5.74) is 2.41. The van der Waals surface area contributed by atoms with Gasteiger partial charge in [-0.3, -0.25) is 0 Å². The molecule has 1 aromatic heterocycles. The van der Waals surface area contributed by atoms with Crippen molar-refractivity contribution in [3.05, 3.63) is 46.5 Å². The number of aliphatic hydroxyl groups excluding tert-OH is 2. The van der Waals surface area contributed by atoms with Crippen molar-refractivity contribution in [2.45, 2.75) is 62.2 Å². The van der Waals surface area contributed by atoms with Gasteiger partial charge in [0.1, 0.15) is 30.4 Å². The van der Waals surface area contributed by atoms with Crippen LogP contribution in [-0.4, -0.2) is 46.8 Å². The average Bonchev–Trinajstić information content (AvgIpc) is 3.44. The first kappa shape index (κ1) is 20.3. The van der Waals surface area contributed by atoms with Crippen molar-refractivity contribution in [2.24, 2.45) is 0 Å². The number of nitrogens with zero attached hydrogens (tertiary/aromatic N) is 2. The molecule has 2 aromatic rings. The van der Waals surface area contributed by atoms with E-state index in [4.69, 9.17) is 14.7 Å². The summed E-state index contributed by atoms with van der Waals surface area (Å²) >= 11 is 1.25. The zero-order chi connectivity index (χ0) is 20.4. The van der Waals surface area contributed by atoms with E-state index in [-0.39, 0.29) is 0 Å². The van der Waals surface area contributed by atoms with Crippen LogP contribution in [0.15, 0.2) is 29.6 Å². The van der Waals surface area contributed by atoms with Gasteiger partial charge in [-0.25, -0.2) is 4.98 Å². The summed E-state index contributed by atoms with van der Waals surface area (Å²) in [6, 6.07) is 9.37. The second-order valence-corrected chi connectivity index (χ2v) is 8.47. The molecular formula is C21H25N3O4S. The summed E-state index contributed by atoms with van der Waals surface area (Å²) in [5.74, 6) is 0.615. The molecule has 154 valence electrons. The smallest absolute Gasteiger partial charge is 0.184 e. The summed E-state index contributed by atoms with van der Waals surface area (Å²) < 4.78 is 11.4. The molecule has 0 spiro atoms. The maximum absolute atomic E-state index is 10.8. The predicted octanol–water partition coefficient (Wildman–Crippen LogP) is 2.92. The van der Waals surface area contributed by atoms with Gasteiger partial charge in [-0.05, 0) is 29.9 Å². The number of hydrogen-bond donors (Lipinski definition) is 3. The molecule has 7 nitrogen and oxygen atoms in total. The Labute approximate surface area is 173 Å². The standard InChI is InChI=1S/C21H25N3O4S/c1-27-20-16(24-21-23-15(10-22)11-29-21)17(25)18(26)19(28-20)14-8-6-13(7-9-14)12-4-2-3-5-12/h6-9,11-12,16-20,25-26H,2-5H2,1H3,(H,23,24)/t16-,17+,18+,19+,20+/m0/s1. The van der Waals surface area contributed by atoms with E-state index in [0.29, 0.717) is 16.7 Å². The van der Waals surface area contributed by atoms with Crippen LogP contribution in [0.25, 0.3) is 0 Å². The fraction of sp³-hybridized carbons (Fsp3) is 0.524. The minimum absolute atomic E-state index is 0.290. The lowest BCUT2D eigenvalue weighted by Crippen LogP contribution is -2.57. The van der Waals surface area contributed by atoms with E-state index in [2.05, 4.69) is 22.4 Å².